The molecule has 0 bridgehead atoms. The molecule has 7 heteroatoms. The molecule has 7 nitrogen and oxygen atoms in total. The number of carbonyl (C=O) groups excluding carboxylic acids is 1. The highest BCUT2D eigenvalue weighted by atomic mass is 16.7. The lowest BCUT2D eigenvalue weighted by Crippen LogP contribution is -2.65. The fraction of sp³-hybridized carbons (Fsp3) is 0.500. The molecule has 1 aliphatic heterocycles. The lowest BCUT2D eigenvalue weighted by molar-refractivity contribution is -0.278. The minimum Gasteiger partial charge on any atom is -0.394 e. The number of rotatable bonds is 8. The van der Waals surface area contributed by atoms with Crippen LogP contribution in [0.2, 0.25) is 0 Å². The van der Waals surface area contributed by atoms with Crippen molar-refractivity contribution >= 4 is 5.91 Å². The van der Waals surface area contributed by atoms with Crippen LogP contribution in [-0.2, 0) is 25.6 Å². The zero-order valence-electron chi connectivity index (χ0n) is 14.2. The highest BCUT2D eigenvalue weighted by molar-refractivity contribution is 5.73. The fourth-order valence-corrected chi connectivity index (χ4v) is 2.73. The van der Waals surface area contributed by atoms with Gasteiger partial charge >= 0.3 is 0 Å². The van der Waals surface area contributed by atoms with Gasteiger partial charge in [0.25, 0.3) is 0 Å². The highest BCUT2D eigenvalue weighted by Crippen LogP contribution is 2.25. The van der Waals surface area contributed by atoms with E-state index in [9.17, 15) is 15.0 Å². The maximum absolute atomic E-state index is 11.6. The predicted octanol–water partition coefficient (Wildman–Crippen LogP) is 0.357. The van der Waals surface area contributed by atoms with Crippen molar-refractivity contribution in [2.45, 2.75) is 44.2 Å². The molecule has 1 fully saturated rings. The Morgan fingerprint density at radius 2 is 2.08 bits per heavy atom. The van der Waals surface area contributed by atoms with Crippen LogP contribution in [0.4, 0.5) is 0 Å². The number of ether oxygens (including phenoxy) is 3. The molecule has 0 aliphatic carbocycles. The molecule has 1 saturated heterocycles. The predicted molar refractivity (Wildman–Crippen MR) is 90.5 cm³/mol. The normalized spacial score (nSPS) is 29.2. The standard InChI is InChI=1S/C18H25NO6/c1-3-9-23-17-15(19-12(2)21)18(25-14(10-20)16(17)22)24-11-13-7-5-4-6-8-13/h3-8,14-18,20,22H,1,9-11H2,2H3,(H,19,21)/t14-,15-,16-,17-,18+/m1/s1. The van der Waals surface area contributed by atoms with Gasteiger partial charge in [-0.25, -0.2) is 0 Å². The molecule has 1 aromatic rings. The van der Waals surface area contributed by atoms with Crippen molar-refractivity contribution in [3.8, 4) is 0 Å². The topological polar surface area (TPSA) is 97.2 Å². The van der Waals surface area contributed by atoms with Crippen LogP contribution in [0.3, 0.4) is 0 Å². The van der Waals surface area contributed by atoms with E-state index >= 15 is 0 Å². The Kier molecular flexibility index (Phi) is 7.54. The highest BCUT2D eigenvalue weighted by Gasteiger charge is 2.46. The van der Waals surface area contributed by atoms with Gasteiger partial charge in [-0.1, -0.05) is 36.4 Å². The van der Waals surface area contributed by atoms with Gasteiger partial charge in [-0.05, 0) is 5.56 Å². The number of aliphatic hydroxyl groups excluding tert-OH is 2. The van der Waals surface area contributed by atoms with Crippen LogP contribution in [-0.4, -0.2) is 60.0 Å². The van der Waals surface area contributed by atoms with E-state index < -0.39 is 37.3 Å². The van der Waals surface area contributed by atoms with E-state index in [1.54, 1.807) is 6.08 Å². The second kappa shape index (κ2) is 9.65. The summed E-state index contributed by atoms with van der Waals surface area (Å²) in [6, 6.07) is 8.77. The summed E-state index contributed by atoms with van der Waals surface area (Å²) < 4.78 is 17.1. The van der Waals surface area contributed by atoms with E-state index in [4.69, 9.17) is 14.2 Å². The number of benzene rings is 1. The Hall–Kier alpha value is -1.77. The van der Waals surface area contributed by atoms with Gasteiger partial charge in [0.2, 0.25) is 5.91 Å². The van der Waals surface area contributed by atoms with Crippen molar-refractivity contribution in [3.05, 3.63) is 48.6 Å². The Bertz CT molecular complexity index is 552. The summed E-state index contributed by atoms with van der Waals surface area (Å²) in [5, 5.41) is 22.6. The third-order valence-corrected chi connectivity index (χ3v) is 3.89. The van der Waals surface area contributed by atoms with E-state index in [0.717, 1.165) is 5.56 Å². The van der Waals surface area contributed by atoms with Gasteiger partial charge in [0.1, 0.15) is 24.4 Å². The Morgan fingerprint density at radius 3 is 2.68 bits per heavy atom. The molecule has 2 rings (SSSR count). The summed E-state index contributed by atoms with van der Waals surface area (Å²) >= 11 is 0. The van der Waals surface area contributed by atoms with Gasteiger partial charge in [-0.3, -0.25) is 4.79 Å². The molecule has 138 valence electrons. The molecule has 0 radical (unpaired) electrons. The largest absolute Gasteiger partial charge is 0.394 e. The van der Waals surface area contributed by atoms with Crippen molar-refractivity contribution in [2.24, 2.45) is 0 Å². The molecule has 0 saturated carbocycles. The first-order valence-electron chi connectivity index (χ1n) is 8.16. The summed E-state index contributed by atoms with van der Waals surface area (Å²) in [6.07, 6.45) is -2.12. The van der Waals surface area contributed by atoms with Crippen molar-refractivity contribution in [1.29, 1.82) is 0 Å². The molecule has 1 aromatic carbocycles. The summed E-state index contributed by atoms with van der Waals surface area (Å²) in [6.45, 7) is 4.99. The lowest BCUT2D eigenvalue weighted by Gasteiger charge is -2.44. The molecule has 0 aromatic heterocycles. The quantitative estimate of drug-likeness (QED) is 0.585. The van der Waals surface area contributed by atoms with Crippen LogP contribution in [0, 0.1) is 0 Å². The van der Waals surface area contributed by atoms with Crippen LogP contribution in [0.5, 0.6) is 0 Å². The average molecular weight is 351 g/mol. The van der Waals surface area contributed by atoms with Crippen molar-refractivity contribution in [3.63, 3.8) is 0 Å². The Balaban J connectivity index is 2.16. The van der Waals surface area contributed by atoms with Gasteiger partial charge in [0.05, 0.1) is 19.8 Å². The van der Waals surface area contributed by atoms with Crippen LogP contribution >= 0.6 is 0 Å². The maximum Gasteiger partial charge on any atom is 0.217 e. The summed E-state index contributed by atoms with van der Waals surface area (Å²) in [5.74, 6) is -0.302. The first-order chi connectivity index (χ1) is 12.1. The first-order valence-corrected chi connectivity index (χ1v) is 8.16. The van der Waals surface area contributed by atoms with Gasteiger partial charge < -0.3 is 29.7 Å². The van der Waals surface area contributed by atoms with Crippen molar-refractivity contribution in [2.75, 3.05) is 13.2 Å². The summed E-state index contributed by atoms with van der Waals surface area (Å²) in [7, 11) is 0. The summed E-state index contributed by atoms with van der Waals surface area (Å²) in [4.78, 5) is 11.6. The van der Waals surface area contributed by atoms with E-state index in [-0.39, 0.29) is 19.1 Å². The number of aliphatic hydroxyl groups is 2. The lowest BCUT2D eigenvalue weighted by atomic mass is 9.96. The van der Waals surface area contributed by atoms with Gasteiger partial charge in [0, 0.05) is 6.92 Å². The van der Waals surface area contributed by atoms with Crippen LogP contribution in [0.15, 0.2) is 43.0 Å². The smallest absolute Gasteiger partial charge is 0.217 e. The van der Waals surface area contributed by atoms with Crippen LogP contribution < -0.4 is 5.32 Å². The zero-order valence-corrected chi connectivity index (χ0v) is 14.2. The SMILES string of the molecule is C=CCO[C@H]1[C@H](O)[C@@H](CO)O[C@H](OCc2ccccc2)[C@@H]1NC(C)=O. The number of carbonyl (C=O) groups is 1. The number of hydrogen-bond donors (Lipinski definition) is 3. The number of nitrogens with one attached hydrogen (secondary N) is 1. The molecular formula is C18H25NO6. The molecule has 1 amide bonds. The zero-order chi connectivity index (χ0) is 18.2. The molecule has 25 heavy (non-hydrogen) atoms. The van der Waals surface area contributed by atoms with Crippen LogP contribution in [0.1, 0.15) is 12.5 Å². The van der Waals surface area contributed by atoms with Gasteiger partial charge in [0.15, 0.2) is 6.29 Å². The first kappa shape index (κ1) is 19.6. The maximum atomic E-state index is 11.6. The second-order valence-corrected chi connectivity index (χ2v) is 5.83. The van der Waals surface area contributed by atoms with E-state index in [2.05, 4.69) is 11.9 Å². The third-order valence-electron chi connectivity index (χ3n) is 3.89. The number of amides is 1. The fourth-order valence-electron chi connectivity index (χ4n) is 2.73. The molecule has 1 aliphatic rings. The second-order valence-electron chi connectivity index (χ2n) is 5.83. The average Bonchev–Trinajstić information content (AvgIpc) is 2.61. The molecule has 3 N–H and O–H groups in total. The van der Waals surface area contributed by atoms with Gasteiger partial charge in [-0.15, -0.1) is 6.58 Å². The molecule has 1 heterocycles. The molecule has 0 spiro atoms. The molecular weight excluding hydrogens is 326 g/mol. The van der Waals surface area contributed by atoms with E-state index in [1.165, 1.54) is 6.92 Å². The van der Waals surface area contributed by atoms with Crippen molar-refractivity contribution in [1.82, 2.24) is 5.32 Å². The van der Waals surface area contributed by atoms with Crippen molar-refractivity contribution < 1.29 is 29.2 Å². The molecule has 5 atom stereocenters. The monoisotopic (exact) mass is 351 g/mol. The van der Waals surface area contributed by atoms with Crippen LogP contribution in [0.25, 0.3) is 0 Å². The number of hydrogen-bond acceptors (Lipinski definition) is 6. The molecule has 0 unspecified atom stereocenters. The minimum absolute atomic E-state index is 0.182. The Morgan fingerprint density at radius 1 is 1.36 bits per heavy atom. The van der Waals surface area contributed by atoms with E-state index in [1.807, 2.05) is 30.3 Å². The third kappa shape index (κ3) is 5.35. The minimum atomic E-state index is -1.11. The Labute approximate surface area is 147 Å². The van der Waals surface area contributed by atoms with E-state index in [0.29, 0.717) is 0 Å². The summed E-state index contributed by atoms with van der Waals surface area (Å²) in [5.41, 5.74) is 0.933. The van der Waals surface area contributed by atoms with Gasteiger partial charge in [-0.2, -0.15) is 0 Å².